The van der Waals surface area contributed by atoms with Gasteiger partial charge in [-0.25, -0.2) is 4.57 Å². The first-order valence-corrected chi connectivity index (χ1v) is 4.03. The maximum absolute atomic E-state index is 5.00. The fraction of sp³-hybridized carbons (Fsp3) is 0.300. The van der Waals surface area contributed by atoms with E-state index in [4.69, 9.17) is 9.78 Å². The molecule has 3 heteroatoms. The molecule has 0 bridgehead atoms. The first-order valence-electron chi connectivity index (χ1n) is 4.03. The van der Waals surface area contributed by atoms with Gasteiger partial charge in [-0.3, -0.25) is 9.78 Å². The number of pyridine rings is 1. The number of nitrogens with zero attached hydrogens (tertiary/aromatic N) is 1. The molecule has 0 saturated heterocycles. The SMILES string of the molecule is C[C]=C(C)OOc1cc[n+](C)cc1. The lowest BCUT2D eigenvalue weighted by Gasteiger charge is -2.03. The largest absolute Gasteiger partial charge is 0.295 e. The molecule has 0 amide bonds. The van der Waals surface area contributed by atoms with Gasteiger partial charge in [0.05, 0.1) is 0 Å². The molecule has 0 fully saturated rings. The molecule has 0 aromatic carbocycles. The second kappa shape index (κ2) is 4.50. The number of aryl methyl sites for hydroxylation is 1. The average molecular weight is 179 g/mol. The number of allylic oxidation sites excluding steroid dienone is 2. The van der Waals surface area contributed by atoms with Crippen LogP contribution in [0.5, 0.6) is 5.75 Å². The molecule has 0 unspecified atom stereocenters. The zero-order valence-corrected chi connectivity index (χ0v) is 8.07. The van der Waals surface area contributed by atoms with E-state index in [-0.39, 0.29) is 0 Å². The van der Waals surface area contributed by atoms with Gasteiger partial charge in [0.2, 0.25) is 0 Å². The molecule has 1 aromatic heterocycles. The van der Waals surface area contributed by atoms with Crippen molar-refractivity contribution in [3.8, 4) is 5.75 Å². The number of aromatic nitrogens is 1. The molecule has 1 radical (unpaired) electrons. The third kappa shape index (κ3) is 3.15. The number of hydrogen-bond acceptors (Lipinski definition) is 2. The second-order valence-electron chi connectivity index (χ2n) is 2.67. The average Bonchev–Trinajstić information content (AvgIpc) is 2.16. The lowest BCUT2D eigenvalue weighted by atomic mass is 10.4. The zero-order valence-electron chi connectivity index (χ0n) is 8.07. The Kier molecular flexibility index (Phi) is 3.31. The molecule has 0 spiro atoms. The third-order valence-electron chi connectivity index (χ3n) is 1.56. The standard InChI is InChI=1S/C10H13NO2/c1-4-9(2)12-13-10-5-7-11(3)8-6-10/h5-8H,1-3H3/q+1. The lowest BCUT2D eigenvalue weighted by molar-refractivity contribution is -0.671. The highest BCUT2D eigenvalue weighted by Gasteiger charge is 1.97. The summed E-state index contributed by atoms with van der Waals surface area (Å²) in [7, 11) is 1.94. The Morgan fingerprint density at radius 2 is 2.00 bits per heavy atom. The van der Waals surface area contributed by atoms with Gasteiger partial charge in [-0.2, -0.15) is 0 Å². The van der Waals surface area contributed by atoms with Crippen molar-refractivity contribution in [2.45, 2.75) is 13.8 Å². The van der Waals surface area contributed by atoms with E-state index < -0.39 is 0 Å². The van der Waals surface area contributed by atoms with Gasteiger partial charge < -0.3 is 0 Å². The Hall–Kier alpha value is -1.51. The van der Waals surface area contributed by atoms with Crippen molar-refractivity contribution in [1.82, 2.24) is 0 Å². The summed E-state index contributed by atoms with van der Waals surface area (Å²) in [5, 5.41) is 0. The van der Waals surface area contributed by atoms with Crippen LogP contribution in [0.2, 0.25) is 0 Å². The van der Waals surface area contributed by atoms with Crippen molar-refractivity contribution < 1.29 is 14.3 Å². The molecule has 0 saturated carbocycles. The number of hydrogen-bond donors (Lipinski definition) is 0. The van der Waals surface area contributed by atoms with Gasteiger partial charge in [-0.05, 0) is 19.9 Å². The van der Waals surface area contributed by atoms with Crippen molar-refractivity contribution in [2.24, 2.45) is 7.05 Å². The molecule has 0 N–H and O–H groups in total. The second-order valence-corrected chi connectivity index (χ2v) is 2.67. The molecular formula is C10H13NO2+. The summed E-state index contributed by atoms with van der Waals surface area (Å²) >= 11 is 0. The fourth-order valence-corrected chi connectivity index (χ4v) is 0.695. The van der Waals surface area contributed by atoms with Crippen molar-refractivity contribution >= 4 is 0 Å². The number of rotatable bonds is 3. The smallest absolute Gasteiger partial charge is 0.190 e. The summed E-state index contributed by atoms with van der Waals surface area (Å²) in [6, 6.07) is 3.64. The van der Waals surface area contributed by atoms with E-state index in [0.717, 1.165) is 0 Å². The van der Waals surface area contributed by atoms with Gasteiger partial charge in [0.15, 0.2) is 23.9 Å². The molecule has 0 aliphatic rings. The minimum Gasteiger partial charge on any atom is -0.295 e. The van der Waals surface area contributed by atoms with E-state index in [2.05, 4.69) is 6.08 Å². The molecule has 1 aromatic rings. The van der Waals surface area contributed by atoms with Crippen LogP contribution in [0, 0.1) is 6.08 Å². The van der Waals surface area contributed by atoms with Crippen molar-refractivity contribution in [3.05, 3.63) is 36.4 Å². The summed E-state index contributed by atoms with van der Waals surface area (Å²) in [6.07, 6.45) is 6.58. The summed E-state index contributed by atoms with van der Waals surface area (Å²) in [5.41, 5.74) is 0. The van der Waals surface area contributed by atoms with Crippen LogP contribution in [0.4, 0.5) is 0 Å². The molecule has 69 valence electrons. The maximum atomic E-state index is 5.00. The lowest BCUT2D eigenvalue weighted by Crippen LogP contribution is -2.25. The molecule has 0 aliphatic heterocycles. The minimum atomic E-state index is 0.619. The van der Waals surface area contributed by atoms with E-state index in [9.17, 15) is 0 Å². The summed E-state index contributed by atoms with van der Waals surface area (Å²) < 4.78 is 1.92. The third-order valence-corrected chi connectivity index (χ3v) is 1.56. The highest BCUT2D eigenvalue weighted by atomic mass is 17.2. The van der Waals surface area contributed by atoms with Crippen LogP contribution >= 0.6 is 0 Å². The van der Waals surface area contributed by atoms with Crippen LogP contribution in [0.25, 0.3) is 0 Å². The highest BCUT2D eigenvalue weighted by molar-refractivity contribution is 5.13. The van der Waals surface area contributed by atoms with Gasteiger partial charge >= 0.3 is 0 Å². The van der Waals surface area contributed by atoms with Crippen molar-refractivity contribution in [2.75, 3.05) is 0 Å². The van der Waals surface area contributed by atoms with Crippen LogP contribution in [-0.2, 0) is 11.9 Å². The molecule has 3 nitrogen and oxygen atoms in total. The van der Waals surface area contributed by atoms with Crippen molar-refractivity contribution in [3.63, 3.8) is 0 Å². The van der Waals surface area contributed by atoms with Gasteiger partial charge in [0, 0.05) is 12.1 Å². The molecular weight excluding hydrogens is 166 g/mol. The molecule has 1 heterocycles. The van der Waals surface area contributed by atoms with E-state index >= 15 is 0 Å². The van der Waals surface area contributed by atoms with Crippen LogP contribution in [0.3, 0.4) is 0 Å². The highest BCUT2D eigenvalue weighted by Crippen LogP contribution is 2.08. The van der Waals surface area contributed by atoms with Gasteiger partial charge in [-0.15, -0.1) is 0 Å². The normalized spacial score (nSPS) is 11.2. The van der Waals surface area contributed by atoms with Crippen LogP contribution < -0.4 is 9.45 Å². The Labute approximate surface area is 78.2 Å². The monoisotopic (exact) mass is 179 g/mol. The Balaban J connectivity index is 2.51. The van der Waals surface area contributed by atoms with E-state index in [1.54, 1.807) is 13.8 Å². The first-order chi connectivity index (χ1) is 6.22. The topological polar surface area (TPSA) is 22.3 Å². The van der Waals surface area contributed by atoms with Crippen molar-refractivity contribution in [1.29, 1.82) is 0 Å². The van der Waals surface area contributed by atoms with Gasteiger partial charge in [0.1, 0.15) is 7.05 Å². The van der Waals surface area contributed by atoms with Gasteiger partial charge in [-0.1, -0.05) is 0 Å². The molecule has 0 aliphatic carbocycles. The molecule has 0 atom stereocenters. The predicted molar refractivity (Wildman–Crippen MR) is 47.4 cm³/mol. The Morgan fingerprint density at radius 3 is 2.54 bits per heavy atom. The van der Waals surface area contributed by atoms with E-state index in [1.165, 1.54) is 0 Å². The maximum Gasteiger partial charge on any atom is 0.190 e. The van der Waals surface area contributed by atoms with Crippen LogP contribution in [0.1, 0.15) is 13.8 Å². The Bertz CT molecular complexity index is 290. The fourth-order valence-electron chi connectivity index (χ4n) is 0.695. The summed E-state index contributed by atoms with van der Waals surface area (Å²) in [4.78, 5) is 9.91. The molecule has 1 rings (SSSR count). The van der Waals surface area contributed by atoms with Crippen LogP contribution in [-0.4, -0.2) is 0 Å². The zero-order chi connectivity index (χ0) is 9.68. The minimum absolute atomic E-state index is 0.619. The summed E-state index contributed by atoms with van der Waals surface area (Å²) in [6.45, 7) is 3.55. The molecule has 13 heavy (non-hydrogen) atoms. The summed E-state index contributed by atoms with van der Waals surface area (Å²) in [5.74, 6) is 1.29. The van der Waals surface area contributed by atoms with Crippen LogP contribution in [0.15, 0.2) is 30.3 Å². The Morgan fingerprint density at radius 1 is 1.38 bits per heavy atom. The van der Waals surface area contributed by atoms with E-state index in [1.807, 2.05) is 36.1 Å². The quantitative estimate of drug-likeness (QED) is 0.304. The van der Waals surface area contributed by atoms with E-state index in [0.29, 0.717) is 11.5 Å². The van der Waals surface area contributed by atoms with Gasteiger partial charge in [0.25, 0.3) is 0 Å². The predicted octanol–water partition coefficient (Wildman–Crippen LogP) is 1.55. The first kappa shape index (κ1) is 9.58.